The van der Waals surface area contributed by atoms with Crippen LogP contribution in [0.1, 0.15) is 17.5 Å². The van der Waals surface area contributed by atoms with E-state index >= 15 is 0 Å². The molecule has 0 aliphatic rings. The first-order valence-electron chi connectivity index (χ1n) is 4.05. The lowest BCUT2D eigenvalue weighted by molar-refractivity contribution is 0.0677. The summed E-state index contributed by atoms with van der Waals surface area (Å²) in [7, 11) is 0. The van der Waals surface area contributed by atoms with Crippen molar-refractivity contribution in [3.8, 4) is 0 Å². The highest BCUT2D eigenvalue weighted by molar-refractivity contribution is 7.80. The zero-order chi connectivity index (χ0) is 11.8. The fourth-order valence-electron chi connectivity index (χ4n) is 0.743. The molecule has 0 saturated carbocycles. The average molecular weight is 272 g/mol. The molecule has 0 atom stereocenters. The van der Waals surface area contributed by atoms with E-state index in [0.29, 0.717) is 12.4 Å². The Balaban J connectivity index is 0.000000583. The van der Waals surface area contributed by atoms with Crippen molar-refractivity contribution in [2.75, 3.05) is 11.8 Å². The summed E-state index contributed by atoms with van der Waals surface area (Å²) in [6.07, 6.45) is 0. The maximum atomic E-state index is 10.5. The predicted molar refractivity (Wildman–Crippen MR) is 61.3 cm³/mol. The van der Waals surface area contributed by atoms with Crippen molar-refractivity contribution in [1.82, 2.24) is 14.8 Å². The van der Waals surface area contributed by atoms with Crippen LogP contribution >= 0.6 is 35.8 Å². The van der Waals surface area contributed by atoms with Crippen molar-refractivity contribution < 1.29 is 9.90 Å². The van der Waals surface area contributed by atoms with Gasteiger partial charge in [0.15, 0.2) is 5.16 Å². The van der Waals surface area contributed by atoms with Gasteiger partial charge in [-0.25, -0.2) is 4.79 Å². The first-order chi connectivity index (χ1) is 7.08. The fraction of sp³-hybridized carbons (Fsp3) is 0.571. The Labute approximate surface area is 103 Å². The van der Waals surface area contributed by atoms with Crippen LogP contribution in [-0.2, 0) is 6.54 Å². The summed E-state index contributed by atoms with van der Waals surface area (Å²) in [4.78, 5) is 10.5. The van der Waals surface area contributed by atoms with Gasteiger partial charge in [0.25, 0.3) is 0 Å². The van der Waals surface area contributed by atoms with E-state index in [1.54, 1.807) is 0 Å². The van der Waals surface area contributed by atoms with Crippen LogP contribution in [0.5, 0.6) is 0 Å². The molecule has 0 spiro atoms. The summed E-state index contributed by atoms with van der Waals surface area (Å²) in [6.45, 7) is 2.23. The van der Waals surface area contributed by atoms with E-state index in [2.05, 4.69) is 22.8 Å². The molecule has 0 aliphatic heterocycles. The number of carboxylic acids is 1. The largest absolute Gasteiger partial charge is 0.475 e. The van der Waals surface area contributed by atoms with Gasteiger partial charge in [-0.2, -0.15) is 0 Å². The van der Waals surface area contributed by atoms with Crippen LogP contribution in [0.4, 0.5) is 0 Å². The molecule has 15 heavy (non-hydrogen) atoms. The molecule has 0 amide bonds. The van der Waals surface area contributed by atoms with Gasteiger partial charge < -0.3 is 5.11 Å². The summed E-state index contributed by atoms with van der Waals surface area (Å²) in [5.41, 5.74) is 0. The number of carboxylic acid groups (broad SMARTS) is 1. The summed E-state index contributed by atoms with van der Waals surface area (Å²) >= 11 is 14.4. The summed E-state index contributed by atoms with van der Waals surface area (Å²) in [5, 5.41) is 15.8. The molecule has 0 fully saturated rings. The molecule has 0 bridgehead atoms. The minimum absolute atomic E-state index is 0.138. The maximum absolute atomic E-state index is 10.5. The number of alkyl halides is 2. The second-order valence-corrected chi connectivity index (χ2v) is 3.55. The molecule has 0 unspecified atom stereocenters. The number of thiol groups is 1. The third-order valence-corrected chi connectivity index (χ3v) is 1.73. The summed E-state index contributed by atoms with van der Waals surface area (Å²) in [6, 6.07) is 0. The van der Waals surface area contributed by atoms with Crippen molar-refractivity contribution in [2.45, 2.75) is 18.6 Å². The lowest BCUT2D eigenvalue weighted by Crippen LogP contribution is -2.10. The molecule has 86 valence electrons. The zero-order valence-corrected chi connectivity index (χ0v) is 10.4. The number of hydrogen-bond acceptors (Lipinski definition) is 4. The Morgan fingerprint density at radius 2 is 2.07 bits per heavy atom. The van der Waals surface area contributed by atoms with Crippen molar-refractivity contribution in [3.05, 3.63) is 5.82 Å². The minimum atomic E-state index is -1.13. The van der Waals surface area contributed by atoms with Crippen LogP contribution in [0.25, 0.3) is 0 Å². The number of aromatic carboxylic acids is 1. The van der Waals surface area contributed by atoms with E-state index in [1.807, 2.05) is 6.92 Å². The van der Waals surface area contributed by atoms with Gasteiger partial charge >= 0.3 is 5.97 Å². The van der Waals surface area contributed by atoms with Crippen molar-refractivity contribution in [3.63, 3.8) is 0 Å². The number of carbonyl (C=O) groups is 1. The van der Waals surface area contributed by atoms with E-state index in [9.17, 15) is 4.79 Å². The van der Waals surface area contributed by atoms with Crippen LogP contribution in [0.3, 0.4) is 0 Å². The molecule has 0 radical (unpaired) electrons. The molecule has 0 aromatic carbocycles. The Bertz CT molecular complexity index is 319. The number of aromatic nitrogens is 3. The van der Waals surface area contributed by atoms with Gasteiger partial charge in [-0.3, -0.25) is 4.57 Å². The van der Waals surface area contributed by atoms with Crippen LogP contribution in [0, 0.1) is 0 Å². The lowest BCUT2D eigenvalue weighted by atomic mass is 10.6. The zero-order valence-electron chi connectivity index (χ0n) is 8.02. The first-order valence-corrected chi connectivity index (χ1v) is 5.57. The highest BCUT2D eigenvalue weighted by Gasteiger charge is 2.14. The van der Waals surface area contributed by atoms with Gasteiger partial charge in [0.2, 0.25) is 5.82 Å². The average Bonchev–Trinajstić information content (AvgIpc) is 2.50. The van der Waals surface area contributed by atoms with Crippen molar-refractivity contribution in [1.29, 1.82) is 0 Å². The molecule has 1 aromatic rings. The lowest BCUT2D eigenvalue weighted by Gasteiger charge is -2.00. The second kappa shape index (κ2) is 7.78. The maximum Gasteiger partial charge on any atom is 0.374 e. The minimum Gasteiger partial charge on any atom is -0.475 e. The van der Waals surface area contributed by atoms with Gasteiger partial charge in [0.05, 0.1) is 0 Å². The van der Waals surface area contributed by atoms with Crippen LogP contribution in [-0.4, -0.2) is 37.6 Å². The van der Waals surface area contributed by atoms with Crippen LogP contribution in [0.2, 0.25) is 0 Å². The summed E-state index contributed by atoms with van der Waals surface area (Å²) < 4.78 is 1.33. The topological polar surface area (TPSA) is 68.0 Å². The third-order valence-electron chi connectivity index (χ3n) is 1.23. The molecule has 8 heteroatoms. The molecule has 0 saturated heterocycles. The van der Waals surface area contributed by atoms with Crippen LogP contribution in [0.15, 0.2) is 5.16 Å². The fourth-order valence-corrected chi connectivity index (χ4v) is 1.15. The van der Waals surface area contributed by atoms with Crippen LogP contribution < -0.4 is 0 Å². The molecule has 1 aromatic heterocycles. The van der Waals surface area contributed by atoms with Gasteiger partial charge in [0, 0.05) is 18.3 Å². The Hall–Kier alpha value is -0.460. The SMILES string of the molecule is CCCl.O=C(O)c1nnc(S)n1CCCl. The van der Waals surface area contributed by atoms with Gasteiger partial charge in [0.1, 0.15) is 0 Å². The van der Waals surface area contributed by atoms with E-state index in [4.69, 9.17) is 28.3 Å². The molecular weight excluding hydrogens is 261 g/mol. The molecule has 1 heterocycles. The van der Waals surface area contributed by atoms with E-state index in [1.165, 1.54) is 4.57 Å². The van der Waals surface area contributed by atoms with Crippen molar-refractivity contribution >= 4 is 41.8 Å². The molecule has 5 nitrogen and oxygen atoms in total. The Kier molecular flexibility index (Phi) is 7.54. The highest BCUT2D eigenvalue weighted by atomic mass is 35.5. The molecule has 0 aliphatic carbocycles. The number of nitrogens with zero attached hydrogens (tertiary/aromatic N) is 3. The second-order valence-electron chi connectivity index (χ2n) is 2.24. The monoisotopic (exact) mass is 271 g/mol. The van der Waals surface area contributed by atoms with E-state index in [-0.39, 0.29) is 11.0 Å². The normalized spacial score (nSPS) is 9.33. The molecule has 1 rings (SSSR count). The third kappa shape index (κ3) is 4.72. The number of halogens is 2. The standard InChI is InChI=1S/C5H6ClN3O2S.C2H5Cl/c6-1-2-9-3(4(10)11)7-8-5(9)12;1-2-3/h1-2H2,(H,8,12)(H,10,11);2H2,1H3. The summed E-state index contributed by atoms with van der Waals surface area (Å²) in [5.74, 6) is -0.250. The predicted octanol–water partition coefficient (Wildman–Crippen LogP) is 1.75. The number of hydrogen-bond donors (Lipinski definition) is 2. The smallest absolute Gasteiger partial charge is 0.374 e. The van der Waals surface area contributed by atoms with Gasteiger partial charge in [-0.1, -0.05) is 6.92 Å². The quantitative estimate of drug-likeness (QED) is 0.649. The number of rotatable bonds is 3. The van der Waals surface area contributed by atoms with Gasteiger partial charge in [-0.05, 0) is 0 Å². The Morgan fingerprint density at radius 3 is 2.47 bits per heavy atom. The highest BCUT2D eigenvalue weighted by Crippen LogP contribution is 2.06. The van der Waals surface area contributed by atoms with Gasteiger partial charge in [-0.15, -0.1) is 46.0 Å². The van der Waals surface area contributed by atoms with E-state index in [0.717, 1.165) is 5.88 Å². The van der Waals surface area contributed by atoms with Crippen molar-refractivity contribution in [2.24, 2.45) is 0 Å². The molecular formula is C7H11Cl2N3O2S. The Morgan fingerprint density at radius 1 is 1.53 bits per heavy atom. The van der Waals surface area contributed by atoms with E-state index < -0.39 is 5.97 Å². The molecule has 1 N–H and O–H groups in total. The first kappa shape index (κ1) is 14.5.